The third-order valence-corrected chi connectivity index (χ3v) is 5.97. The Balaban J connectivity index is 1.33. The highest BCUT2D eigenvalue weighted by molar-refractivity contribution is 5.62. The van der Waals surface area contributed by atoms with Crippen LogP contribution in [0, 0.1) is 6.92 Å². The SMILES string of the molecule is Cc1ccc(Cc2cc(-c3nc(-c4ccc(N5CCCCC5)cc4)no3)nn2C)cc1. The van der Waals surface area contributed by atoms with Crippen molar-refractivity contribution in [2.75, 3.05) is 18.0 Å². The van der Waals surface area contributed by atoms with Gasteiger partial charge in [-0.05, 0) is 62.1 Å². The van der Waals surface area contributed by atoms with Crippen molar-refractivity contribution in [3.63, 3.8) is 0 Å². The summed E-state index contributed by atoms with van der Waals surface area (Å²) in [6, 6.07) is 19.0. The van der Waals surface area contributed by atoms with Crippen LogP contribution >= 0.6 is 0 Å². The molecule has 0 unspecified atom stereocenters. The van der Waals surface area contributed by atoms with Gasteiger partial charge in [-0.15, -0.1) is 0 Å². The summed E-state index contributed by atoms with van der Waals surface area (Å²) in [6.45, 7) is 4.37. The van der Waals surface area contributed by atoms with E-state index in [4.69, 9.17) is 4.52 Å². The molecular weight excluding hydrogens is 386 g/mol. The zero-order valence-electron chi connectivity index (χ0n) is 18.1. The van der Waals surface area contributed by atoms with Gasteiger partial charge in [0.2, 0.25) is 5.82 Å². The monoisotopic (exact) mass is 413 g/mol. The number of rotatable bonds is 5. The molecule has 3 heterocycles. The second-order valence-corrected chi connectivity index (χ2v) is 8.32. The maximum absolute atomic E-state index is 5.54. The number of anilines is 1. The van der Waals surface area contributed by atoms with Crippen molar-refractivity contribution < 1.29 is 4.52 Å². The normalized spacial score (nSPS) is 14.2. The molecule has 1 aliphatic heterocycles. The van der Waals surface area contributed by atoms with Crippen molar-refractivity contribution in [1.82, 2.24) is 19.9 Å². The van der Waals surface area contributed by atoms with Crippen LogP contribution in [0.25, 0.3) is 23.0 Å². The predicted octanol–water partition coefficient (Wildman–Crippen LogP) is 5.03. The van der Waals surface area contributed by atoms with Crippen LogP contribution in [0.5, 0.6) is 0 Å². The lowest BCUT2D eigenvalue weighted by Gasteiger charge is -2.28. The Morgan fingerprint density at radius 3 is 2.42 bits per heavy atom. The molecule has 0 radical (unpaired) electrons. The van der Waals surface area contributed by atoms with Crippen LogP contribution in [0.1, 0.15) is 36.1 Å². The van der Waals surface area contributed by atoms with E-state index in [0.29, 0.717) is 17.4 Å². The number of aromatic nitrogens is 4. The minimum atomic E-state index is 0.445. The molecule has 5 rings (SSSR count). The zero-order valence-corrected chi connectivity index (χ0v) is 18.1. The number of aryl methyl sites for hydroxylation is 2. The third kappa shape index (κ3) is 4.24. The van der Waals surface area contributed by atoms with Gasteiger partial charge in [-0.25, -0.2) is 0 Å². The summed E-state index contributed by atoms with van der Waals surface area (Å²) >= 11 is 0. The molecule has 0 spiro atoms. The van der Waals surface area contributed by atoms with Crippen molar-refractivity contribution >= 4 is 5.69 Å². The molecule has 0 saturated carbocycles. The number of piperidine rings is 1. The van der Waals surface area contributed by atoms with Crippen molar-refractivity contribution in [3.8, 4) is 23.0 Å². The summed E-state index contributed by atoms with van der Waals surface area (Å²) in [7, 11) is 1.95. The molecule has 6 nitrogen and oxygen atoms in total. The van der Waals surface area contributed by atoms with Gasteiger partial charge in [0.05, 0.1) is 0 Å². The van der Waals surface area contributed by atoms with Crippen LogP contribution in [0.3, 0.4) is 0 Å². The summed E-state index contributed by atoms with van der Waals surface area (Å²) in [5.41, 5.74) is 6.53. The van der Waals surface area contributed by atoms with Crippen molar-refractivity contribution in [2.45, 2.75) is 32.6 Å². The highest BCUT2D eigenvalue weighted by atomic mass is 16.5. The average Bonchev–Trinajstić information content (AvgIpc) is 3.43. The van der Waals surface area contributed by atoms with E-state index >= 15 is 0 Å². The van der Waals surface area contributed by atoms with Gasteiger partial charge in [-0.3, -0.25) is 4.68 Å². The summed E-state index contributed by atoms with van der Waals surface area (Å²) in [5, 5.41) is 8.78. The highest BCUT2D eigenvalue weighted by Gasteiger charge is 2.16. The van der Waals surface area contributed by atoms with E-state index in [9.17, 15) is 0 Å². The maximum Gasteiger partial charge on any atom is 0.278 e. The molecule has 1 fully saturated rings. The lowest BCUT2D eigenvalue weighted by Crippen LogP contribution is -2.29. The van der Waals surface area contributed by atoms with E-state index in [2.05, 4.69) is 75.6 Å². The summed E-state index contributed by atoms with van der Waals surface area (Å²) in [5.74, 6) is 1.03. The van der Waals surface area contributed by atoms with Gasteiger partial charge < -0.3 is 9.42 Å². The number of hydrogen-bond donors (Lipinski definition) is 0. The van der Waals surface area contributed by atoms with Crippen LogP contribution in [0.15, 0.2) is 59.1 Å². The first kappa shape index (κ1) is 19.5. The molecule has 2 aromatic carbocycles. The Morgan fingerprint density at radius 1 is 0.935 bits per heavy atom. The van der Waals surface area contributed by atoms with Gasteiger partial charge in [0.15, 0.2) is 5.69 Å². The van der Waals surface area contributed by atoms with Crippen molar-refractivity contribution in [3.05, 3.63) is 71.4 Å². The highest BCUT2D eigenvalue weighted by Crippen LogP contribution is 2.26. The Hall–Kier alpha value is -3.41. The fraction of sp³-hybridized carbons (Fsp3) is 0.320. The molecule has 1 aliphatic rings. The molecule has 0 atom stereocenters. The van der Waals surface area contributed by atoms with E-state index in [1.54, 1.807) is 0 Å². The Labute approximate surface area is 182 Å². The summed E-state index contributed by atoms with van der Waals surface area (Å²) in [6.07, 6.45) is 4.68. The minimum absolute atomic E-state index is 0.445. The first-order valence-corrected chi connectivity index (χ1v) is 10.9. The van der Waals surface area contributed by atoms with Crippen LogP contribution in [0.2, 0.25) is 0 Å². The molecule has 0 aliphatic carbocycles. The lowest BCUT2D eigenvalue weighted by atomic mass is 10.1. The van der Waals surface area contributed by atoms with Gasteiger partial charge in [0, 0.05) is 43.5 Å². The average molecular weight is 414 g/mol. The second-order valence-electron chi connectivity index (χ2n) is 8.32. The molecule has 6 heteroatoms. The van der Waals surface area contributed by atoms with Gasteiger partial charge in [0.1, 0.15) is 0 Å². The largest absolute Gasteiger partial charge is 0.372 e. The molecule has 31 heavy (non-hydrogen) atoms. The molecule has 0 amide bonds. The van der Waals surface area contributed by atoms with Crippen LogP contribution in [-0.4, -0.2) is 33.0 Å². The molecule has 158 valence electrons. The third-order valence-electron chi connectivity index (χ3n) is 5.97. The van der Waals surface area contributed by atoms with Crippen LogP contribution < -0.4 is 4.90 Å². The van der Waals surface area contributed by atoms with Gasteiger partial charge >= 0.3 is 0 Å². The minimum Gasteiger partial charge on any atom is -0.372 e. The molecule has 0 bridgehead atoms. The maximum atomic E-state index is 5.54. The molecule has 1 saturated heterocycles. The molecular formula is C25H27N5O. The first-order valence-electron chi connectivity index (χ1n) is 10.9. The summed E-state index contributed by atoms with van der Waals surface area (Å²) in [4.78, 5) is 7.04. The van der Waals surface area contributed by atoms with Gasteiger partial charge in [-0.1, -0.05) is 35.0 Å². The van der Waals surface area contributed by atoms with Gasteiger partial charge in [-0.2, -0.15) is 10.1 Å². The van der Waals surface area contributed by atoms with E-state index < -0.39 is 0 Å². The first-order chi connectivity index (χ1) is 15.2. The van der Waals surface area contributed by atoms with E-state index in [1.807, 2.05) is 17.8 Å². The van der Waals surface area contributed by atoms with E-state index in [-0.39, 0.29) is 0 Å². The number of benzene rings is 2. The second kappa shape index (κ2) is 8.38. The number of hydrogen-bond acceptors (Lipinski definition) is 5. The standard InChI is InChI=1S/C25H27N5O/c1-18-6-8-19(9-7-18)16-22-17-23(27-29(22)2)25-26-24(28-31-25)20-10-12-21(13-11-20)30-14-4-3-5-15-30/h6-13,17H,3-5,14-16H2,1-2H3. The van der Waals surface area contributed by atoms with E-state index in [1.165, 1.54) is 36.1 Å². The smallest absolute Gasteiger partial charge is 0.278 e. The Morgan fingerprint density at radius 2 is 1.68 bits per heavy atom. The fourth-order valence-corrected chi connectivity index (χ4v) is 4.11. The van der Waals surface area contributed by atoms with Crippen molar-refractivity contribution in [1.29, 1.82) is 0 Å². The Kier molecular flexibility index (Phi) is 5.28. The topological polar surface area (TPSA) is 60.0 Å². The van der Waals surface area contributed by atoms with Gasteiger partial charge in [0.25, 0.3) is 5.89 Å². The predicted molar refractivity (Wildman–Crippen MR) is 122 cm³/mol. The molecule has 4 aromatic rings. The summed E-state index contributed by atoms with van der Waals surface area (Å²) < 4.78 is 7.42. The zero-order chi connectivity index (χ0) is 21.2. The van der Waals surface area contributed by atoms with Crippen LogP contribution in [-0.2, 0) is 13.5 Å². The molecule has 0 N–H and O–H groups in total. The van der Waals surface area contributed by atoms with Crippen molar-refractivity contribution in [2.24, 2.45) is 7.05 Å². The number of nitrogens with zero attached hydrogens (tertiary/aromatic N) is 5. The quantitative estimate of drug-likeness (QED) is 0.459. The van der Waals surface area contributed by atoms with Crippen LogP contribution in [0.4, 0.5) is 5.69 Å². The molecule has 2 aromatic heterocycles. The Bertz CT molecular complexity index is 1150. The van der Waals surface area contributed by atoms with E-state index in [0.717, 1.165) is 30.8 Å². The fourth-order valence-electron chi connectivity index (χ4n) is 4.11. The lowest BCUT2D eigenvalue weighted by molar-refractivity contribution is 0.430.